The van der Waals surface area contributed by atoms with Gasteiger partial charge in [-0.15, -0.1) is 0 Å². The van der Waals surface area contributed by atoms with Gasteiger partial charge in [-0.25, -0.2) is 0 Å². The molecule has 0 aliphatic heterocycles. The Bertz CT molecular complexity index is 201. The Morgan fingerprint density at radius 1 is 0.889 bits per heavy atom. The fraction of sp³-hybridized carbons (Fsp3) is 1.00. The van der Waals surface area contributed by atoms with Gasteiger partial charge in [-0.3, -0.25) is 0 Å². The van der Waals surface area contributed by atoms with Crippen molar-refractivity contribution in [2.45, 2.75) is 71.1 Å². The number of rotatable bonds is 12. The Hall–Kier alpha value is 1.66. The van der Waals surface area contributed by atoms with E-state index in [9.17, 15) is 4.89 Å². The molecule has 0 amide bonds. The molecule has 2 nitrogen and oxygen atoms in total. The summed E-state index contributed by atoms with van der Waals surface area (Å²) in [6.07, 6.45) is 12.9. The third-order valence-corrected chi connectivity index (χ3v) is 4.99. The summed E-state index contributed by atoms with van der Waals surface area (Å²) in [6, 6.07) is 0. The van der Waals surface area contributed by atoms with Crippen LogP contribution >= 0.6 is 46.9 Å². The predicted molar refractivity (Wildman–Crippen MR) is 93.8 cm³/mol. The van der Waals surface area contributed by atoms with E-state index in [1.54, 1.807) is 0 Å². The van der Waals surface area contributed by atoms with Gasteiger partial charge < -0.3 is 0 Å². The van der Waals surface area contributed by atoms with Crippen LogP contribution in [0, 0.1) is 0 Å². The Kier molecular flexibility index (Phi) is 11.4. The molecule has 0 spiro atoms. The first-order valence-electron chi connectivity index (χ1n) is 6.92. The summed E-state index contributed by atoms with van der Waals surface area (Å²) in [7, 11) is 0. The van der Waals surface area contributed by atoms with Crippen LogP contribution in [0.1, 0.15) is 71.1 Å². The molecule has 18 heavy (non-hydrogen) atoms. The fourth-order valence-corrected chi connectivity index (χ4v) is 3.35. The van der Waals surface area contributed by atoms with Crippen molar-refractivity contribution in [3.8, 4) is 0 Å². The molecular formula is C12H27Br2O2PS. The maximum atomic E-state index is 9.63. The van der Waals surface area contributed by atoms with Crippen LogP contribution < -0.4 is 0 Å². The molecular weight excluding hydrogens is 399 g/mol. The number of hydrogen-bond donors (Lipinski definition) is 2. The van der Waals surface area contributed by atoms with Gasteiger partial charge in [0.25, 0.3) is 0 Å². The van der Waals surface area contributed by atoms with Gasteiger partial charge in [0.1, 0.15) is 0 Å². The third-order valence-electron chi connectivity index (χ3n) is 2.80. The van der Waals surface area contributed by atoms with E-state index in [0.717, 1.165) is 12.8 Å². The zero-order valence-electron chi connectivity index (χ0n) is 11.3. The first kappa shape index (κ1) is 19.7. The van der Waals surface area contributed by atoms with Crippen molar-refractivity contribution in [2.24, 2.45) is 0 Å². The van der Waals surface area contributed by atoms with Gasteiger partial charge in [0.15, 0.2) is 0 Å². The molecule has 0 unspecified atom stereocenters. The van der Waals surface area contributed by atoms with Gasteiger partial charge in [-0.2, -0.15) is 0 Å². The molecule has 0 rings (SSSR count). The second kappa shape index (κ2) is 10.4. The van der Waals surface area contributed by atoms with Crippen LogP contribution in [0.15, 0.2) is 0 Å². The monoisotopic (exact) mass is 424 g/mol. The van der Waals surface area contributed by atoms with Gasteiger partial charge in [-0.1, -0.05) is 6.92 Å². The number of thiol groups is 1. The van der Waals surface area contributed by atoms with E-state index in [1.165, 1.54) is 51.4 Å². The Labute approximate surface area is 133 Å². The topological polar surface area (TPSA) is 29.5 Å². The minimum absolute atomic E-state index is 0.546. The Balaban J connectivity index is 3.13. The summed E-state index contributed by atoms with van der Waals surface area (Å²) < 4.78 is 1.89. The molecule has 0 radical (unpaired) electrons. The summed E-state index contributed by atoms with van der Waals surface area (Å²) in [6.45, 7) is 2.80. The minimum atomic E-state index is -3.39. The molecule has 0 aromatic carbocycles. The molecule has 0 atom stereocenters. The number of unbranched alkanes of at least 4 members (excludes halogenated alkanes) is 9. The van der Waals surface area contributed by atoms with Crippen molar-refractivity contribution in [2.75, 3.05) is 6.61 Å². The molecule has 0 aromatic heterocycles. The second-order valence-electron chi connectivity index (χ2n) is 4.77. The van der Waals surface area contributed by atoms with Gasteiger partial charge >= 0.3 is 127 Å². The first-order valence-corrected chi connectivity index (χ1v) is 14.2. The summed E-state index contributed by atoms with van der Waals surface area (Å²) >= 11 is 10.1. The van der Waals surface area contributed by atoms with E-state index in [2.05, 4.69) is 50.2 Å². The van der Waals surface area contributed by atoms with E-state index in [4.69, 9.17) is 4.52 Å². The van der Waals surface area contributed by atoms with Crippen molar-refractivity contribution in [3.63, 3.8) is 0 Å². The van der Waals surface area contributed by atoms with Gasteiger partial charge in [0.05, 0.1) is 0 Å². The van der Waals surface area contributed by atoms with Crippen LogP contribution in [0.4, 0.5) is 0 Å². The summed E-state index contributed by atoms with van der Waals surface area (Å²) in [4.78, 5) is 9.63. The Morgan fingerprint density at radius 3 is 1.67 bits per heavy atom. The second-order valence-corrected chi connectivity index (χ2v) is 22.8. The molecule has 0 aromatic rings. The van der Waals surface area contributed by atoms with Crippen molar-refractivity contribution in [3.05, 3.63) is 0 Å². The van der Waals surface area contributed by atoms with Crippen LogP contribution in [-0.4, -0.2) is 11.5 Å². The molecule has 0 aliphatic carbocycles. The zero-order chi connectivity index (χ0) is 13.9. The fourth-order valence-electron chi connectivity index (χ4n) is 1.80. The molecule has 0 heterocycles. The quantitative estimate of drug-likeness (QED) is 0.205. The average Bonchev–Trinajstić information content (AvgIpc) is 2.23. The number of hydrogen-bond acceptors (Lipinski definition) is 3. The number of halogens is 2. The average molecular weight is 426 g/mol. The molecule has 112 valence electrons. The molecule has 0 bridgehead atoms. The van der Waals surface area contributed by atoms with Crippen LogP contribution in [-0.2, 0) is 4.52 Å². The van der Waals surface area contributed by atoms with E-state index in [-0.39, 0.29) is 0 Å². The van der Waals surface area contributed by atoms with Gasteiger partial charge in [0.2, 0.25) is 0 Å². The van der Waals surface area contributed by atoms with E-state index in [1.807, 2.05) is 0 Å². The molecule has 6 heteroatoms. The molecule has 0 fully saturated rings. The van der Waals surface area contributed by atoms with Gasteiger partial charge in [-0.05, 0) is 0 Å². The molecule has 0 aliphatic rings. The Morgan fingerprint density at radius 2 is 1.28 bits per heavy atom. The van der Waals surface area contributed by atoms with E-state index in [0.29, 0.717) is 6.61 Å². The van der Waals surface area contributed by atoms with Crippen LogP contribution in [0.25, 0.3) is 0 Å². The normalized spacial score (nSPS) is 14.4. The standard InChI is InChI=1S/C12H27Br2O2PS/c1-2-3-4-5-6-7-8-9-10-11-12-16-17(13,14,15)18/h15,18H,2-12H2,1H3. The predicted octanol–water partition coefficient (Wildman–Crippen LogP) is 6.76. The zero-order valence-corrected chi connectivity index (χ0v) is 16.2. The summed E-state index contributed by atoms with van der Waals surface area (Å²) in [5.74, 6) is 0. The van der Waals surface area contributed by atoms with Crippen LogP contribution in [0.2, 0.25) is 0 Å². The third kappa shape index (κ3) is 17.7. The van der Waals surface area contributed by atoms with E-state index >= 15 is 0 Å². The van der Waals surface area contributed by atoms with E-state index < -0.39 is 3.66 Å². The van der Waals surface area contributed by atoms with Crippen molar-refractivity contribution in [1.29, 1.82) is 0 Å². The van der Waals surface area contributed by atoms with Crippen LogP contribution in [0.5, 0.6) is 0 Å². The van der Waals surface area contributed by atoms with Crippen LogP contribution in [0.3, 0.4) is 0 Å². The van der Waals surface area contributed by atoms with Crippen molar-refractivity contribution in [1.82, 2.24) is 0 Å². The maximum absolute atomic E-state index is 9.63. The molecule has 0 saturated carbocycles. The SMILES string of the molecule is CCCCCCCCCCCCOP(O)(S)(Br)Br. The first-order chi connectivity index (χ1) is 8.31. The molecule has 1 N–H and O–H groups in total. The van der Waals surface area contributed by atoms with Crippen molar-refractivity contribution >= 4 is 46.9 Å². The summed E-state index contributed by atoms with van der Waals surface area (Å²) in [5.41, 5.74) is 0. The van der Waals surface area contributed by atoms with Crippen molar-refractivity contribution < 1.29 is 9.42 Å². The molecule has 0 saturated heterocycles. The van der Waals surface area contributed by atoms with Gasteiger partial charge in [0, 0.05) is 0 Å². The summed E-state index contributed by atoms with van der Waals surface area (Å²) in [5, 5.41) is 0.